The smallest absolute Gasteiger partial charge is 0.266 e. The van der Waals surface area contributed by atoms with Crippen molar-refractivity contribution >= 4 is 11.6 Å². The number of piperidine rings is 1. The van der Waals surface area contributed by atoms with E-state index in [2.05, 4.69) is 15.5 Å². The van der Waals surface area contributed by atoms with Crippen molar-refractivity contribution in [2.45, 2.75) is 19.4 Å². The monoisotopic (exact) mass is 342 g/mol. The number of carbonyl (C=O) groups excluding carboxylic acids is 1. The molecule has 0 saturated carbocycles. The summed E-state index contributed by atoms with van der Waals surface area (Å²) in [4.78, 5) is 26.0. The number of rotatable bonds is 5. The molecular formula is C18H22N4O3. The number of hydrogen-bond donors (Lipinski definition) is 2. The molecular weight excluding hydrogens is 320 g/mol. The topological polar surface area (TPSA) is 87.3 Å². The Balaban J connectivity index is 1.61. The van der Waals surface area contributed by atoms with Gasteiger partial charge in [-0.1, -0.05) is 18.2 Å². The minimum Gasteiger partial charge on any atom is -0.496 e. The average molecular weight is 342 g/mol. The molecule has 1 atom stereocenters. The summed E-state index contributed by atoms with van der Waals surface area (Å²) in [5, 5.41) is 9.20. The van der Waals surface area contributed by atoms with Crippen molar-refractivity contribution in [3.63, 3.8) is 0 Å². The van der Waals surface area contributed by atoms with E-state index in [-0.39, 0.29) is 17.4 Å². The Bertz CT molecular complexity index is 790. The first-order valence-electron chi connectivity index (χ1n) is 8.36. The molecule has 1 saturated heterocycles. The highest BCUT2D eigenvalue weighted by atomic mass is 16.5. The molecule has 2 aromatic rings. The fourth-order valence-electron chi connectivity index (χ4n) is 3.14. The van der Waals surface area contributed by atoms with Crippen LogP contribution in [-0.4, -0.2) is 36.3 Å². The summed E-state index contributed by atoms with van der Waals surface area (Å²) in [5.41, 5.74) is 1.47. The summed E-state index contributed by atoms with van der Waals surface area (Å²) >= 11 is 0. The summed E-state index contributed by atoms with van der Waals surface area (Å²) in [6, 6.07) is 9.16. The van der Waals surface area contributed by atoms with Crippen molar-refractivity contribution in [1.82, 2.24) is 15.5 Å². The second-order valence-corrected chi connectivity index (χ2v) is 6.12. The SMILES string of the molecule is COc1ccccc1CNC(=O)[C@@H]1CCCN(c2cn[nH]c(=O)c2)C1. The number of anilines is 1. The van der Waals surface area contributed by atoms with Gasteiger partial charge in [0.25, 0.3) is 5.56 Å². The van der Waals surface area contributed by atoms with Crippen LogP contribution < -0.4 is 20.5 Å². The average Bonchev–Trinajstić information content (AvgIpc) is 2.66. The summed E-state index contributed by atoms with van der Waals surface area (Å²) in [7, 11) is 1.62. The van der Waals surface area contributed by atoms with Crippen LogP contribution in [-0.2, 0) is 11.3 Å². The molecule has 0 bridgehead atoms. The van der Waals surface area contributed by atoms with Gasteiger partial charge in [-0.2, -0.15) is 5.10 Å². The van der Waals surface area contributed by atoms with Gasteiger partial charge in [-0.3, -0.25) is 9.59 Å². The van der Waals surface area contributed by atoms with Crippen molar-refractivity contribution in [2.24, 2.45) is 5.92 Å². The number of aromatic amines is 1. The Labute approximate surface area is 146 Å². The molecule has 2 N–H and O–H groups in total. The van der Waals surface area contributed by atoms with Gasteiger partial charge in [0, 0.05) is 31.3 Å². The zero-order chi connectivity index (χ0) is 17.6. The molecule has 1 amide bonds. The molecule has 0 aliphatic carbocycles. The molecule has 1 aromatic heterocycles. The lowest BCUT2D eigenvalue weighted by atomic mass is 9.96. The van der Waals surface area contributed by atoms with E-state index in [9.17, 15) is 9.59 Å². The number of carbonyl (C=O) groups is 1. The number of nitrogens with zero attached hydrogens (tertiary/aromatic N) is 2. The second kappa shape index (κ2) is 7.83. The summed E-state index contributed by atoms with van der Waals surface area (Å²) in [5.74, 6) is 0.679. The van der Waals surface area contributed by atoms with Crippen LogP contribution in [0.15, 0.2) is 41.3 Å². The fraction of sp³-hybridized carbons (Fsp3) is 0.389. The third kappa shape index (κ3) is 4.17. The lowest BCUT2D eigenvalue weighted by Crippen LogP contribution is -2.43. The Morgan fingerprint density at radius 1 is 1.44 bits per heavy atom. The number of ether oxygens (including phenoxy) is 1. The normalized spacial score (nSPS) is 17.2. The quantitative estimate of drug-likeness (QED) is 0.855. The maximum atomic E-state index is 12.6. The molecule has 2 heterocycles. The maximum Gasteiger partial charge on any atom is 0.266 e. The largest absolute Gasteiger partial charge is 0.496 e. The highest BCUT2D eigenvalue weighted by Crippen LogP contribution is 2.22. The van der Waals surface area contributed by atoms with Crippen LogP contribution in [0, 0.1) is 5.92 Å². The Morgan fingerprint density at radius 2 is 2.28 bits per heavy atom. The van der Waals surface area contributed by atoms with Crippen molar-refractivity contribution in [3.8, 4) is 5.75 Å². The molecule has 3 rings (SSSR count). The predicted molar refractivity (Wildman–Crippen MR) is 94.6 cm³/mol. The minimum absolute atomic E-state index is 0.0217. The lowest BCUT2D eigenvalue weighted by molar-refractivity contribution is -0.125. The number of aromatic nitrogens is 2. The van der Waals surface area contributed by atoms with Crippen molar-refractivity contribution < 1.29 is 9.53 Å². The Kier molecular flexibility index (Phi) is 5.33. The highest BCUT2D eigenvalue weighted by molar-refractivity contribution is 5.79. The summed E-state index contributed by atoms with van der Waals surface area (Å²) in [6.07, 6.45) is 3.36. The summed E-state index contributed by atoms with van der Waals surface area (Å²) in [6.45, 7) is 1.84. The minimum atomic E-state index is -0.236. The second-order valence-electron chi connectivity index (χ2n) is 6.12. The zero-order valence-electron chi connectivity index (χ0n) is 14.2. The van der Waals surface area contributed by atoms with E-state index in [1.165, 1.54) is 6.07 Å². The van der Waals surface area contributed by atoms with Gasteiger partial charge >= 0.3 is 0 Å². The number of H-pyrrole nitrogens is 1. The van der Waals surface area contributed by atoms with Crippen molar-refractivity contribution in [3.05, 3.63) is 52.4 Å². The van der Waals surface area contributed by atoms with Crippen LogP contribution in [0.3, 0.4) is 0 Å². The first-order chi connectivity index (χ1) is 12.2. The van der Waals surface area contributed by atoms with E-state index in [0.29, 0.717) is 13.1 Å². The van der Waals surface area contributed by atoms with Crippen LogP contribution in [0.4, 0.5) is 5.69 Å². The van der Waals surface area contributed by atoms with E-state index in [0.717, 1.165) is 36.4 Å². The predicted octanol–water partition coefficient (Wildman–Crippen LogP) is 1.31. The van der Waals surface area contributed by atoms with E-state index < -0.39 is 0 Å². The molecule has 0 unspecified atom stereocenters. The molecule has 0 spiro atoms. The third-order valence-electron chi connectivity index (χ3n) is 4.45. The molecule has 1 aliphatic heterocycles. The fourth-order valence-corrected chi connectivity index (χ4v) is 3.14. The molecule has 1 aromatic carbocycles. The third-order valence-corrected chi connectivity index (χ3v) is 4.45. The number of para-hydroxylation sites is 1. The number of nitrogens with one attached hydrogen (secondary N) is 2. The van der Waals surface area contributed by atoms with Gasteiger partial charge in [0.05, 0.1) is 24.9 Å². The van der Waals surface area contributed by atoms with Crippen LogP contribution in [0.5, 0.6) is 5.75 Å². The Hall–Kier alpha value is -2.83. The number of hydrogen-bond acceptors (Lipinski definition) is 5. The van der Waals surface area contributed by atoms with Gasteiger partial charge in [0.15, 0.2) is 0 Å². The highest BCUT2D eigenvalue weighted by Gasteiger charge is 2.26. The first-order valence-corrected chi connectivity index (χ1v) is 8.36. The lowest BCUT2D eigenvalue weighted by Gasteiger charge is -2.33. The van der Waals surface area contributed by atoms with E-state index in [4.69, 9.17) is 4.74 Å². The summed E-state index contributed by atoms with van der Waals surface area (Å²) < 4.78 is 5.31. The number of amides is 1. The van der Waals surface area contributed by atoms with Crippen LogP contribution >= 0.6 is 0 Å². The first kappa shape index (κ1) is 17.0. The number of methoxy groups -OCH3 is 1. The van der Waals surface area contributed by atoms with Crippen molar-refractivity contribution in [1.29, 1.82) is 0 Å². The molecule has 0 radical (unpaired) electrons. The van der Waals surface area contributed by atoms with Gasteiger partial charge < -0.3 is 15.0 Å². The van der Waals surface area contributed by atoms with Gasteiger partial charge in [0.2, 0.25) is 5.91 Å². The number of benzene rings is 1. The van der Waals surface area contributed by atoms with E-state index >= 15 is 0 Å². The molecule has 7 nitrogen and oxygen atoms in total. The van der Waals surface area contributed by atoms with Crippen LogP contribution in [0.2, 0.25) is 0 Å². The van der Waals surface area contributed by atoms with Gasteiger partial charge in [0.1, 0.15) is 5.75 Å². The Morgan fingerprint density at radius 3 is 3.08 bits per heavy atom. The molecule has 1 fully saturated rings. The molecule has 1 aliphatic rings. The van der Waals surface area contributed by atoms with Crippen molar-refractivity contribution in [2.75, 3.05) is 25.1 Å². The zero-order valence-corrected chi connectivity index (χ0v) is 14.2. The molecule has 132 valence electrons. The van der Waals surface area contributed by atoms with Gasteiger partial charge in [-0.05, 0) is 18.9 Å². The van der Waals surface area contributed by atoms with Gasteiger partial charge in [-0.15, -0.1) is 0 Å². The van der Waals surface area contributed by atoms with Gasteiger partial charge in [-0.25, -0.2) is 5.10 Å². The standard InChI is InChI=1S/C18H22N4O3/c1-25-16-7-3-2-5-13(16)10-19-18(24)14-6-4-8-22(12-14)15-9-17(23)21-20-11-15/h2-3,5,7,9,11,14H,4,6,8,10,12H2,1H3,(H,19,24)(H,21,23)/t14-/m1/s1. The van der Waals surface area contributed by atoms with Crippen LogP contribution in [0.1, 0.15) is 18.4 Å². The molecule has 7 heteroatoms. The molecule has 25 heavy (non-hydrogen) atoms. The van der Waals surface area contributed by atoms with Crippen LogP contribution in [0.25, 0.3) is 0 Å². The van der Waals surface area contributed by atoms with E-state index in [1.54, 1.807) is 13.3 Å². The maximum absolute atomic E-state index is 12.6. The van der Waals surface area contributed by atoms with E-state index in [1.807, 2.05) is 29.2 Å².